The van der Waals surface area contributed by atoms with E-state index in [0.717, 1.165) is 28.9 Å². The van der Waals surface area contributed by atoms with E-state index in [1.807, 2.05) is 0 Å². The smallest absolute Gasteiger partial charge is 0.236 e. The van der Waals surface area contributed by atoms with Crippen LogP contribution in [0.5, 0.6) is 0 Å². The molecule has 0 fully saturated rings. The molecule has 2 aromatic rings. The number of alkyl halides is 4. The van der Waals surface area contributed by atoms with Crippen molar-refractivity contribution in [2.24, 2.45) is 0 Å². The third kappa shape index (κ3) is 2.70. The van der Waals surface area contributed by atoms with E-state index >= 15 is 0 Å². The summed E-state index contributed by atoms with van der Waals surface area (Å²) in [5.74, 6) is -2.52. The molecule has 2 rings (SSSR count). The maximum Gasteiger partial charge on any atom is 0.435 e. The van der Waals surface area contributed by atoms with Crippen molar-refractivity contribution in [3.8, 4) is 5.69 Å². The first kappa shape index (κ1) is 13.8. The highest BCUT2D eigenvalue weighted by atomic mass is 35.5. The molecule has 0 atom stereocenters. The lowest BCUT2D eigenvalue weighted by Gasteiger charge is -2.05. The highest BCUT2D eigenvalue weighted by Gasteiger charge is 2.35. The van der Waals surface area contributed by atoms with Gasteiger partial charge in [-0.05, 0) is 18.2 Å². The second-order valence-electron chi connectivity index (χ2n) is 3.66. The lowest BCUT2D eigenvalue weighted by molar-refractivity contribution is -0.141. The van der Waals surface area contributed by atoms with E-state index in [2.05, 4.69) is 5.10 Å². The maximum atomic E-state index is 13.1. The third-order valence-corrected chi connectivity index (χ3v) is 2.63. The van der Waals surface area contributed by atoms with Crippen LogP contribution in [0.25, 0.3) is 5.69 Å². The van der Waals surface area contributed by atoms with E-state index in [4.69, 9.17) is 11.6 Å². The Morgan fingerprint density at radius 1 is 1.11 bits per heavy atom. The third-order valence-electron chi connectivity index (χ3n) is 2.36. The molecule has 2 nitrogen and oxygen atoms in total. The van der Waals surface area contributed by atoms with Crippen molar-refractivity contribution in [3.63, 3.8) is 0 Å². The molecule has 0 unspecified atom stereocenters. The van der Waals surface area contributed by atoms with Gasteiger partial charge in [0.2, 0.25) is 0 Å². The molecule has 102 valence electrons. The lowest BCUT2D eigenvalue weighted by atomic mass is 10.3. The minimum absolute atomic E-state index is 0.0278. The Balaban J connectivity index is 2.54. The first-order valence-electron chi connectivity index (χ1n) is 5.00. The Labute approximate surface area is 109 Å². The molecule has 1 aromatic carbocycles. The summed E-state index contributed by atoms with van der Waals surface area (Å²) in [6, 6.07) is 3.42. The molecule has 0 aliphatic rings. The molecule has 1 aromatic heterocycles. The van der Waals surface area contributed by atoms with Crippen molar-refractivity contribution in [3.05, 3.63) is 47.3 Å². The average molecular weight is 297 g/mol. The molecule has 0 radical (unpaired) electrons. The Morgan fingerprint density at radius 2 is 1.79 bits per heavy atom. The highest BCUT2D eigenvalue weighted by Crippen LogP contribution is 2.30. The number of nitrogens with zero attached hydrogens (tertiary/aromatic N) is 2. The van der Waals surface area contributed by atoms with E-state index < -0.39 is 23.5 Å². The van der Waals surface area contributed by atoms with Gasteiger partial charge >= 0.3 is 6.18 Å². The molecule has 0 aliphatic carbocycles. The van der Waals surface area contributed by atoms with Gasteiger partial charge in [-0.3, -0.25) is 0 Å². The van der Waals surface area contributed by atoms with E-state index in [1.165, 1.54) is 0 Å². The van der Waals surface area contributed by atoms with E-state index in [1.54, 1.807) is 0 Å². The summed E-state index contributed by atoms with van der Waals surface area (Å²) in [6.45, 7) is 0. The molecule has 0 spiro atoms. The largest absolute Gasteiger partial charge is 0.435 e. The Morgan fingerprint density at radius 3 is 2.32 bits per heavy atom. The minimum atomic E-state index is -4.63. The van der Waals surface area contributed by atoms with Gasteiger partial charge in [0.15, 0.2) is 17.3 Å². The van der Waals surface area contributed by atoms with Crippen LogP contribution in [-0.4, -0.2) is 9.78 Å². The van der Waals surface area contributed by atoms with Gasteiger partial charge in [0.25, 0.3) is 0 Å². The molecule has 0 saturated heterocycles. The van der Waals surface area contributed by atoms with Crippen LogP contribution in [0.2, 0.25) is 0 Å². The molecule has 19 heavy (non-hydrogen) atoms. The molecule has 0 saturated carbocycles. The minimum Gasteiger partial charge on any atom is -0.236 e. The summed E-state index contributed by atoms with van der Waals surface area (Å²) in [4.78, 5) is 0. The molecule has 0 aliphatic heterocycles. The van der Waals surface area contributed by atoms with Crippen LogP contribution in [-0.2, 0) is 12.1 Å². The normalized spacial score (nSPS) is 11.9. The van der Waals surface area contributed by atoms with Crippen LogP contribution in [0.4, 0.5) is 22.0 Å². The predicted molar refractivity (Wildman–Crippen MR) is 58.0 cm³/mol. The zero-order valence-electron chi connectivity index (χ0n) is 9.18. The molecule has 0 bridgehead atoms. The summed E-state index contributed by atoms with van der Waals surface area (Å²) >= 11 is 5.52. The van der Waals surface area contributed by atoms with Crippen LogP contribution in [0.3, 0.4) is 0 Å². The van der Waals surface area contributed by atoms with Gasteiger partial charge in [0.05, 0.1) is 17.3 Å². The van der Waals surface area contributed by atoms with Crippen LogP contribution in [0, 0.1) is 11.6 Å². The maximum absolute atomic E-state index is 13.1. The number of hydrogen-bond acceptors (Lipinski definition) is 1. The predicted octanol–water partition coefficient (Wildman–Crippen LogP) is 3.91. The van der Waals surface area contributed by atoms with Crippen molar-refractivity contribution in [2.45, 2.75) is 12.1 Å². The monoisotopic (exact) mass is 296 g/mol. The summed E-state index contributed by atoms with van der Waals surface area (Å²) < 4.78 is 64.3. The molecule has 0 N–H and O–H groups in total. The first-order chi connectivity index (χ1) is 8.82. The van der Waals surface area contributed by atoms with Gasteiger partial charge in [-0.1, -0.05) is 0 Å². The van der Waals surface area contributed by atoms with Gasteiger partial charge in [-0.15, -0.1) is 11.6 Å². The zero-order valence-corrected chi connectivity index (χ0v) is 9.93. The average Bonchev–Trinajstić information content (AvgIpc) is 2.76. The zero-order chi connectivity index (χ0) is 14.2. The van der Waals surface area contributed by atoms with Crippen LogP contribution >= 0.6 is 11.6 Å². The number of aromatic nitrogens is 2. The number of hydrogen-bond donors (Lipinski definition) is 0. The summed E-state index contributed by atoms with van der Waals surface area (Å²) in [5, 5.41) is 3.31. The standard InChI is InChI=1S/C11H6ClF5N2/c12-5-7-4-10(11(15,16)17)18-19(7)6-1-2-8(13)9(14)3-6/h1-4H,5H2. The van der Waals surface area contributed by atoms with Crippen molar-refractivity contribution >= 4 is 11.6 Å². The van der Waals surface area contributed by atoms with Crippen LogP contribution in [0.15, 0.2) is 24.3 Å². The topological polar surface area (TPSA) is 17.8 Å². The Hall–Kier alpha value is -1.63. The quantitative estimate of drug-likeness (QED) is 0.607. The van der Waals surface area contributed by atoms with E-state index in [9.17, 15) is 22.0 Å². The molecule has 0 amide bonds. The second-order valence-corrected chi connectivity index (χ2v) is 3.93. The Kier molecular flexibility index (Phi) is 3.49. The van der Waals surface area contributed by atoms with Gasteiger partial charge in [-0.2, -0.15) is 18.3 Å². The van der Waals surface area contributed by atoms with Gasteiger partial charge in [-0.25, -0.2) is 13.5 Å². The van der Waals surface area contributed by atoms with Crippen molar-refractivity contribution in [1.82, 2.24) is 9.78 Å². The number of benzene rings is 1. The highest BCUT2D eigenvalue weighted by molar-refractivity contribution is 6.16. The van der Waals surface area contributed by atoms with Crippen LogP contribution in [0.1, 0.15) is 11.4 Å². The summed E-state index contributed by atoms with van der Waals surface area (Å²) in [5.41, 5.74) is -1.15. The van der Waals surface area contributed by atoms with E-state index in [0.29, 0.717) is 0 Å². The van der Waals surface area contributed by atoms with Gasteiger partial charge in [0, 0.05) is 6.07 Å². The number of halogens is 6. The van der Waals surface area contributed by atoms with E-state index in [-0.39, 0.29) is 17.3 Å². The summed E-state index contributed by atoms with van der Waals surface area (Å²) in [7, 11) is 0. The fourth-order valence-corrected chi connectivity index (χ4v) is 1.68. The fraction of sp³-hybridized carbons (Fsp3) is 0.182. The Bertz CT molecular complexity index is 606. The summed E-state index contributed by atoms with van der Waals surface area (Å²) in [6.07, 6.45) is -4.63. The first-order valence-corrected chi connectivity index (χ1v) is 5.54. The second kappa shape index (κ2) is 4.80. The molecule has 8 heteroatoms. The lowest BCUT2D eigenvalue weighted by Crippen LogP contribution is -2.07. The van der Waals surface area contributed by atoms with Crippen molar-refractivity contribution in [2.75, 3.05) is 0 Å². The van der Waals surface area contributed by atoms with Crippen molar-refractivity contribution in [1.29, 1.82) is 0 Å². The van der Waals surface area contributed by atoms with Gasteiger partial charge < -0.3 is 0 Å². The fourth-order valence-electron chi connectivity index (χ4n) is 1.49. The molecular formula is C11H6ClF5N2. The van der Waals surface area contributed by atoms with Crippen molar-refractivity contribution < 1.29 is 22.0 Å². The van der Waals surface area contributed by atoms with Crippen LogP contribution < -0.4 is 0 Å². The molecular weight excluding hydrogens is 291 g/mol. The van der Waals surface area contributed by atoms with Gasteiger partial charge in [0.1, 0.15) is 0 Å². The SMILES string of the molecule is Fc1ccc(-n2nc(C(F)(F)F)cc2CCl)cc1F. The molecule has 1 heterocycles. The number of rotatable bonds is 2.